The number of amides is 1. The number of benzene rings is 1. The first-order valence-corrected chi connectivity index (χ1v) is 6.15. The third kappa shape index (κ3) is 3.09. The standard InChI is InChI=1S/C14H13NO6/c1-7(16)11(13(18)19)15-12(17)9-6-8-4-2-3-5-10(8)21-14(9)20/h2-7,11,16H,1H3,(H,15,17)(H,18,19)/t7-,11+/m1/s1. The average Bonchev–Trinajstić information content (AvgIpc) is 2.43. The van der Waals surface area contributed by atoms with Gasteiger partial charge in [-0.05, 0) is 19.1 Å². The van der Waals surface area contributed by atoms with Crippen molar-refractivity contribution in [2.45, 2.75) is 19.1 Å². The Balaban J connectivity index is 2.37. The molecule has 1 amide bonds. The molecule has 1 heterocycles. The van der Waals surface area contributed by atoms with Crippen molar-refractivity contribution in [3.05, 3.63) is 46.3 Å². The second-order valence-electron chi connectivity index (χ2n) is 4.52. The van der Waals surface area contributed by atoms with Crippen molar-refractivity contribution in [1.82, 2.24) is 5.32 Å². The van der Waals surface area contributed by atoms with Crippen LogP contribution in [-0.4, -0.2) is 34.2 Å². The third-order valence-corrected chi connectivity index (χ3v) is 2.92. The molecule has 7 nitrogen and oxygen atoms in total. The van der Waals surface area contributed by atoms with E-state index < -0.39 is 29.6 Å². The molecule has 0 aliphatic heterocycles. The molecule has 0 fully saturated rings. The fraction of sp³-hybridized carbons (Fsp3) is 0.214. The minimum atomic E-state index is -1.51. The molecule has 2 atom stereocenters. The van der Waals surface area contributed by atoms with Gasteiger partial charge in [-0.2, -0.15) is 0 Å². The Morgan fingerprint density at radius 2 is 1.95 bits per heavy atom. The molecule has 0 aliphatic carbocycles. The number of hydrogen-bond acceptors (Lipinski definition) is 5. The van der Waals surface area contributed by atoms with Gasteiger partial charge < -0.3 is 19.9 Å². The molecule has 0 saturated heterocycles. The van der Waals surface area contributed by atoms with Crippen molar-refractivity contribution >= 4 is 22.8 Å². The number of hydrogen-bond donors (Lipinski definition) is 3. The van der Waals surface area contributed by atoms with Crippen LogP contribution in [0.25, 0.3) is 11.0 Å². The molecular weight excluding hydrogens is 278 g/mol. The van der Waals surface area contributed by atoms with E-state index in [0.717, 1.165) is 0 Å². The summed E-state index contributed by atoms with van der Waals surface area (Å²) >= 11 is 0. The third-order valence-electron chi connectivity index (χ3n) is 2.92. The number of rotatable bonds is 4. The van der Waals surface area contributed by atoms with Gasteiger partial charge in [-0.25, -0.2) is 9.59 Å². The number of aliphatic carboxylic acids is 1. The Kier molecular flexibility index (Phi) is 4.04. The largest absolute Gasteiger partial charge is 0.480 e. The molecule has 1 aromatic carbocycles. The van der Waals surface area contributed by atoms with Gasteiger partial charge in [-0.3, -0.25) is 4.79 Å². The molecule has 7 heteroatoms. The number of carboxylic acids is 1. The van der Waals surface area contributed by atoms with Crippen molar-refractivity contribution in [1.29, 1.82) is 0 Å². The molecule has 0 unspecified atom stereocenters. The number of fused-ring (bicyclic) bond motifs is 1. The first-order valence-electron chi connectivity index (χ1n) is 6.15. The van der Waals surface area contributed by atoms with E-state index in [1.807, 2.05) is 0 Å². The predicted octanol–water partition coefficient (Wildman–Crippen LogP) is 0.357. The van der Waals surface area contributed by atoms with E-state index in [1.54, 1.807) is 24.3 Å². The highest BCUT2D eigenvalue weighted by Crippen LogP contribution is 2.12. The predicted molar refractivity (Wildman–Crippen MR) is 73.1 cm³/mol. The lowest BCUT2D eigenvalue weighted by Gasteiger charge is -2.16. The Morgan fingerprint density at radius 1 is 1.29 bits per heavy atom. The summed E-state index contributed by atoms with van der Waals surface area (Å²) in [5.74, 6) is -2.31. The Hall–Kier alpha value is -2.67. The number of aliphatic hydroxyl groups excluding tert-OH is 1. The minimum Gasteiger partial charge on any atom is -0.480 e. The van der Waals surface area contributed by atoms with Crippen LogP contribution in [0.4, 0.5) is 0 Å². The molecule has 2 rings (SSSR count). The molecule has 0 spiro atoms. The van der Waals surface area contributed by atoms with Gasteiger partial charge in [0, 0.05) is 5.39 Å². The zero-order valence-electron chi connectivity index (χ0n) is 11.1. The zero-order chi connectivity index (χ0) is 15.6. The van der Waals surface area contributed by atoms with Gasteiger partial charge in [0.05, 0.1) is 6.10 Å². The highest BCUT2D eigenvalue weighted by atomic mass is 16.4. The van der Waals surface area contributed by atoms with Crippen molar-refractivity contribution < 1.29 is 24.2 Å². The number of para-hydroxylation sites is 1. The summed E-state index contributed by atoms with van der Waals surface area (Å²) in [6.45, 7) is 1.22. The lowest BCUT2D eigenvalue weighted by atomic mass is 10.1. The molecule has 0 saturated carbocycles. The van der Waals surface area contributed by atoms with E-state index in [4.69, 9.17) is 9.52 Å². The van der Waals surface area contributed by atoms with Gasteiger partial charge in [-0.1, -0.05) is 18.2 Å². The lowest BCUT2D eigenvalue weighted by Crippen LogP contribution is -2.48. The summed E-state index contributed by atoms with van der Waals surface area (Å²) in [5.41, 5.74) is -0.870. The van der Waals surface area contributed by atoms with Crippen LogP contribution in [0.5, 0.6) is 0 Å². The van der Waals surface area contributed by atoms with Crippen LogP contribution >= 0.6 is 0 Å². The number of carbonyl (C=O) groups excluding carboxylic acids is 1. The maximum Gasteiger partial charge on any atom is 0.349 e. The SMILES string of the molecule is C[C@@H](O)[C@H](NC(=O)c1cc2ccccc2oc1=O)C(=O)O. The summed E-state index contributed by atoms with van der Waals surface area (Å²) in [6, 6.07) is 6.42. The topological polar surface area (TPSA) is 117 Å². The Labute approximate surface area is 118 Å². The molecule has 0 aliphatic rings. The zero-order valence-corrected chi connectivity index (χ0v) is 11.1. The maximum absolute atomic E-state index is 12.0. The van der Waals surface area contributed by atoms with Crippen LogP contribution < -0.4 is 10.9 Å². The highest BCUT2D eigenvalue weighted by Gasteiger charge is 2.26. The number of nitrogens with one attached hydrogen (secondary N) is 1. The molecule has 3 N–H and O–H groups in total. The molecular formula is C14H13NO6. The maximum atomic E-state index is 12.0. The van der Waals surface area contributed by atoms with E-state index in [0.29, 0.717) is 11.0 Å². The van der Waals surface area contributed by atoms with E-state index in [2.05, 4.69) is 5.32 Å². The van der Waals surface area contributed by atoms with Crippen LogP contribution in [0.15, 0.2) is 39.5 Å². The van der Waals surface area contributed by atoms with Gasteiger partial charge in [0.2, 0.25) is 0 Å². The van der Waals surface area contributed by atoms with Gasteiger partial charge in [-0.15, -0.1) is 0 Å². The summed E-state index contributed by atoms with van der Waals surface area (Å²) < 4.78 is 4.99. The highest BCUT2D eigenvalue weighted by molar-refractivity contribution is 5.98. The summed E-state index contributed by atoms with van der Waals surface area (Å²) in [4.78, 5) is 34.7. The monoisotopic (exact) mass is 291 g/mol. The molecule has 0 radical (unpaired) electrons. The molecule has 2 aromatic rings. The van der Waals surface area contributed by atoms with E-state index >= 15 is 0 Å². The van der Waals surface area contributed by atoms with Crippen molar-refractivity contribution in [3.8, 4) is 0 Å². The van der Waals surface area contributed by atoms with Gasteiger partial charge in [0.1, 0.15) is 11.1 Å². The molecule has 1 aromatic heterocycles. The van der Waals surface area contributed by atoms with Crippen LogP contribution in [0, 0.1) is 0 Å². The summed E-state index contributed by atoms with van der Waals surface area (Å²) in [7, 11) is 0. The molecule has 0 bridgehead atoms. The average molecular weight is 291 g/mol. The van der Waals surface area contributed by atoms with E-state index in [9.17, 15) is 19.5 Å². The summed E-state index contributed by atoms with van der Waals surface area (Å²) in [6.07, 6.45) is -1.31. The van der Waals surface area contributed by atoms with Crippen LogP contribution in [0.1, 0.15) is 17.3 Å². The van der Waals surface area contributed by atoms with Crippen LogP contribution in [0.2, 0.25) is 0 Å². The van der Waals surface area contributed by atoms with Crippen molar-refractivity contribution in [2.75, 3.05) is 0 Å². The van der Waals surface area contributed by atoms with Gasteiger partial charge in [0.15, 0.2) is 6.04 Å². The minimum absolute atomic E-state index is 0.319. The number of aliphatic hydroxyl groups is 1. The Bertz CT molecular complexity index is 748. The van der Waals surface area contributed by atoms with Gasteiger partial charge in [0.25, 0.3) is 5.91 Å². The van der Waals surface area contributed by atoms with Crippen molar-refractivity contribution in [3.63, 3.8) is 0 Å². The van der Waals surface area contributed by atoms with Gasteiger partial charge >= 0.3 is 11.6 Å². The fourth-order valence-corrected chi connectivity index (χ4v) is 1.83. The van der Waals surface area contributed by atoms with Crippen LogP contribution in [-0.2, 0) is 4.79 Å². The number of carboxylic acid groups (broad SMARTS) is 1. The molecule has 110 valence electrons. The van der Waals surface area contributed by atoms with E-state index in [1.165, 1.54) is 13.0 Å². The lowest BCUT2D eigenvalue weighted by molar-refractivity contribution is -0.141. The van der Waals surface area contributed by atoms with Crippen molar-refractivity contribution in [2.24, 2.45) is 0 Å². The second-order valence-corrected chi connectivity index (χ2v) is 4.52. The smallest absolute Gasteiger partial charge is 0.349 e. The first kappa shape index (κ1) is 14.7. The fourth-order valence-electron chi connectivity index (χ4n) is 1.83. The normalized spacial score (nSPS) is 13.6. The van der Waals surface area contributed by atoms with E-state index in [-0.39, 0.29) is 5.56 Å². The summed E-state index contributed by atoms with van der Waals surface area (Å²) in [5, 5.41) is 20.8. The Morgan fingerprint density at radius 3 is 2.57 bits per heavy atom. The first-order chi connectivity index (χ1) is 9.90. The quantitative estimate of drug-likeness (QED) is 0.700. The number of carbonyl (C=O) groups is 2. The molecule has 21 heavy (non-hydrogen) atoms. The second kappa shape index (κ2) is 5.76. The van der Waals surface area contributed by atoms with Crippen LogP contribution in [0.3, 0.4) is 0 Å².